The molecule has 1 aliphatic heterocycles. The molecule has 1 atom stereocenters. The first-order chi connectivity index (χ1) is 15.4. The molecule has 7 heteroatoms. The molecule has 1 aliphatic rings. The average molecular weight is 460 g/mol. The highest BCUT2D eigenvalue weighted by Gasteiger charge is 2.16. The molecule has 32 heavy (non-hydrogen) atoms. The summed E-state index contributed by atoms with van der Waals surface area (Å²) in [4.78, 5) is 12.2. The molecule has 2 aromatic carbocycles. The van der Waals surface area contributed by atoms with Crippen LogP contribution >= 0.6 is 11.6 Å². The monoisotopic (exact) mass is 459 g/mol. The van der Waals surface area contributed by atoms with E-state index in [1.807, 2.05) is 38.1 Å². The summed E-state index contributed by atoms with van der Waals surface area (Å²) >= 11 is 6.33. The van der Waals surface area contributed by atoms with Crippen LogP contribution < -0.4 is 19.5 Å². The molecule has 1 heterocycles. The highest BCUT2D eigenvalue weighted by atomic mass is 35.5. The van der Waals surface area contributed by atoms with Gasteiger partial charge in [0.15, 0.2) is 11.5 Å². The highest BCUT2D eigenvalue weighted by molar-refractivity contribution is 6.32. The van der Waals surface area contributed by atoms with Crippen LogP contribution in [0.25, 0.3) is 6.08 Å². The number of benzene rings is 2. The van der Waals surface area contributed by atoms with E-state index in [4.69, 9.17) is 30.5 Å². The lowest BCUT2D eigenvalue weighted by atomic mass is 10.1. The molecule has 1 unspecified atom stereocenters. The lowest BCUT2D eigenvalue weighted by Gasteiger charge is -2.15. The second-order valence-corrected chi connectivity index (χ2v) is 8.25. The second kappa shape index (κ2) is 11.8. The zero-order valence-corrected chi connectivity index (χ0v) is 19.5. The first-order valence-electron chi connectivity index (χ1n) is 10.8. The Hall–Kier alpha value is -2.70. The third kappa shape index (κ3) is 7.18. The average Bonchev–Trinajstić information content (AvgIpc) is 3.30. The maximum atomic E-state index is 12.2. The van der Waals surface area contributed by atoms with Crippen LogP contribution in [-0.4, -0.2) is 38.4 Å². The summed E-state index contributed by atoms with van der Waals surface area (Å²) in [6, 6.07) is 11.2. The molecule has 0 saturated carbocycles. The molecule has 1 saturated heterocycles. The molecule has 0 aliphatic carbocycles. The molecule has 2 aromatic rings. The minimum atomic E-state index is -0.207. The SMILES string of the molecule is COc1cc(/C=C/C(=O)NCc2ccc(OCC3CCCO3)cc2)cc(Cl)c1OC(C)C. The van der Waals surface area contributed by atoms with E-state index in [-0.39, 0.29) is 18.1 Å². The number of hydrogen-bond donors (Lipinski definition) is 1. The summed E-state index contributed by atoms with van der Waals surface area (Å²) in [5, 5.41) is 3.30. The molecule has 1 amide bonds. The standard InChI is InChI=1S/C25H30ClNO5/c1-17(2)32-25-22(26)13-19(14-23(25)29-3)8-11-24(28)27-15-18-6-9-20(10-7-18)31-16-21-5-4-12-30-21/h6-11,13-14,17,21H,4-5,12,15-16H2,1-3H3,(H,27,28)/b11-8+. The van der Waals surface area contributed by atoms with Gasteiger partial charge in [-0.05, 0) is 68.2 Å². The van der Waals surface area contributed by atoms with Crippen LogP contribution in [0.15, 0.2) is 42.5 Å². The molecule has 0 radical (unpaired) electrons. The maximum Gasteiger partial charge on any atom is 0.244 e. The largest absolute Gasteiger partial charge is 0.493 e. The molecule has 3 rings (SSSR count). The van der Waals surface area contributed by atoms with E-state index in [2.05, 4.69) is 5.32 Å². The Bertz CT molecular complexity index is 921. The number of carbonyl (C=O) groups is 1. The Morgan fingerprint density at radius 1 is 1.28 bits per heavy atom. The predicted octanol–water partition coefficient (Wildman–Crippen LogP) is 5.02. The fourth-order valence-electron chi connectivity index (χ4n) is 3.27. The number of amides is 1. The number of ether oxygens (including phenoxy) is 4. The van der Waals surface area contributed by atoms with Crippen molar-refractivity contribution in [2.45, 2.75) is 45.4 Å². The minimum absolute atomic E-state index is 0.0319. The van der Waals surface area contributed by atoms with Crippen molar-refractivity contribution in [1.29, 1.82) is 0 Å². The molecular weight excluding hydrogens is 430 g/mol. The third-order valence-corrected chi connectivity index (χ3v) is 5.16. The van der Waals surface area contributed by atoms with Crippen LogP contribution in [0.3, 0.4) is 0 Å². The molecule has 0 spiro atoms. The summed E-state index contributed by atoms with van der Waals surface area (Å²) in [5.41, 5.74) is 1.72. The van der Waals surface area contributed by atoms with Crippen molar-refractivity contribution < 1.29 is 23.7 Å². The van der Waals surface area contributed by atoms with E-state index in [0.29, 0.717) is 29.7 Å². The fraction of sp³-hybridized carbons (Fsp3) is 0.400. The quantitative estimate of drug-likeness (QED) is 0.505. The molecular formula is C25H30ClNO5. The van der Waals surface area contributed by atoms with Gasteiger partial charge in [-0.15, -0.1) is 0 Å². The van der Waals surface area contributed by atoms with Crippen molar-refractivity contribution in [2.24, 2.45) is 0 Å². The van der Waals surface area contributed by atoms with Crippen LogP contribution in [0.5, 0.6) is 17.2 Å². The molecule has 1 fully saturated rings. The van der Waals surface area contributed by atoms with Crippen molar-refractivity contribution >= 4 is 23.6 Å². The summed E-state index contributed by atoms with van der Waals surface area (Å²) in [7, 11) is 1.55. The summed E-state index contributed by atoms with van der Waals surface area (Å²) in [6.07, 6.45) is 5.45. The van der Waals surface area contributed by atoms with Gasteiger partial charge < -0.3 is 24.3 Å². The summed E-state index contributed by atoms with van der Waals surface area (Å²) in [6.45, 7) is 5.64. The van der Waals surface area contributed by atoms with E-state index in [1.165, 1.54) is 6.08 Å². The molecule has 6 nitrogen and oxygen atoms in total. The maximum absolute atomic E-state index is 12.2. The van der Waals surface area contributed by atoms with Crippen molar-refractivity contribution in [3.8, 4) is 17.2 Å². The van der Waals surface area contributed by atoms with Gasteiger partial charge in [0.05, 0.1) is 24.3 Å². The lowest BCUT2D eigenvalue weighted by molar-refractivity contribution is -0.116. The van der Waals surface area contributed by atoms with Crippen LogP contribution in [0.1, 0.15) is 37.8 Å². The number of hydrogen-bond acceptors (Lipinski definition) is 5. The topological polar surface area (TPSA) is 66.0 Å². The van der Waals surface area contributed by atoms with E-state index in [1.54, 1.807) is 25.3 Å². The number of rotatable bonds is 10. The first-order valence-corrected chi connectivity index (χ1v) is 11.2. The first kappa shape index (κ1) is 24.0. The van der Waals surface area contributed by atoms with E-state index >= 15 is 0 Å². The molecule has 0 aromatic heterocycles. The second-order valence-electron chi connectivity index (χ2n) is 7.84. The van der Waals surface area contributed by atoms with Gasteiger partial charge in [0.25, 0.3) is 0 Å². The number of carbonyl (C=O) groups excluding carboxylic acids is 1. The van der Waals surface area contributed by atoms with Crippen LogP contribution in [0.4, 0.5) is 0 Å². The van der Waals surface area contributed by atoms with Gasteiger partial charge in [0, 0.05) is 19.2 Å². The highest BCUT2D eigenvalue weighted by Crippen LogP contribution is 2.37. The van der Waals surface area contributed by atoms with Gasteiger partial charge in [0.1, 0.15) is 12.4 Å². The normalized spacial score (nSPS) is 15.8. The Labute approximate surface area is 194 Å². The van der Waals surface area contributed by atoms with Gasteiger partial charge in [-0.3, -0.25) is 4.79 Å². The Morgan fingerprint density at radius 2 is 2.06 bits per heavy atom. The smallest absolute Gasteiger partial charge is 0.244 e. The number of nitrogens with one attached hydrogen (secondary N) is 1. The zero-order chi connectivity index (χ0) is 22.9. The molecule has 0 bridgehead atoms. The van der Waals surface area contributed by atoms with E-state index in [0.717, 1.165) is 36.3 Å². The summed E-state index contributed by atoms with van der Waals surface area (Å²) < 4.78 is 22.4. The van der Waals surface area contributed by atoms with Crippen molar-refractivity contribution in [3.05, 3.63) is 58.6 Å². The fourth-order valence-corrected chi connectivity index (χ4v) is 3.54. The van der Waals surface area contributed by atoms with Gasteiger partial charge in [-0.25, -0.2) is 0 Å². The molecule has 1 N–H and O–H groups in total. The van der Waals surface area contributed by atoms with Gasteiger partial charge in [0.2, 0.25) is 5.91 Å². The van der Waals surface area contributed by atoms with Crippen LogP contribution in [0.2, 0.25) is 5.02 Å². The number of halogens is 1. The van der Waals surface area contributed by atoms with Crippen molar-refractivity contribution in [2.75, 3.05) is 20.3 Å². The van der Waals surface area contributed by atoms with Gasteiger partial charge in [-0.2, -0.15) is 0 Å². The van der Waals surface area contributed by atoms with E-state index in [9.17, 15) is 4.79 Å². The predicted molar refractivity (Wildman–Crippen MR) is 126 cm³/mol. The van der Waals surface area contributed by atoms with Crippen LogP contribution in [-0.2, 0) is 16.1 Å². The summed E-state index contributed by atoms with van der Waals surface area (Å²) in [5.74, 6) is 1.61. The Balaban J connectivity index is 1.50. The Kier molecular flexibility index (Phi) is 8.82. The zero-order valence-electron chi connectivity index (χ0n) is 18.7. The van der Waals surface area contributed by atoms with Crippen molar-refractivity contribution in [3.63, 3.8) is 0 Å². The van der Waals surface area contributed by atoms with Gasteiger partial charge in [-0.1, -0.05) is 23.7 Å². The third-order valence-electron chi connectivity index (χ3n) is 4.88. The number of methoxy groups -OCH3 is 1. The lowest BCUT2D eigenvalue weighted by Crippen LogP contribution is -2.20. The van der Waals surface area contributed by atoms with Crippen LogP contribution in [0, 0.1) is 0 Å². The van der Waals surface area contributed by atoms with Gasteiger partial charge >= 0.3 is 0 Å². The Morgan fingerprint density at radius 3 is 2.72 bits per heavy atom. The van der Waals surface area contributed by atoms with Crippen molar-refractivity contribution in [1.82, 2.24) is 5.32 Å². The van der Waals surface area contributed by atoms with E-state index < -0.39 is 0 Å². The minimum Gasteiger partial charge on any atom is -0.493 e. The molecule has 172 valence electrons.